The summed E-state index contributed by atoms with van der Waals surface area (Å²) < 4.78 is 10.1. The van der Waals surface area contributed by atoms with Crippen LogP contribution >= 0.6 is 0 Å². The van der Waals surface area contributed by atoms with Gasteiger partial charge in [0.1, 0.15) is 5.60 Å². The largest absolute Gasteiger partial charge is 0.458 e. The van der Waals surface area contributed by atoms with Gasteiger partial charge in [0, 0.05) is 30.3 Å². The van der Waals surface area contributed by atoms with E-state index in [0.717, 1.165) is 18.6 Å². The minimum atomic E-state index is -1.61. The van der Waals surface area contributed by atoms with E-state index in [9.17, 15) is 24.6 Å². The molecule has 3 saturated carbocycles. The fourth-order valence-corrected chi connectivity index (χ4v) is 9.36. The average molecular weight is 519 g/mol. The van der Waals surface area contributed by atoms with Crippen molar-refractivity contribution in [3.8, 4) is 0 Å². The molecule has 5 rings (SSSR count). The molecule has 8 heteroatoms. The fourth-order valence-electron chi connectivity index (χ4n) is 8.19. The van der Waals surface area contributed by atoms with E-state index in [1.807, 2.05) is 13.0 Å². The van der Waals surface area contributed by atoms with Crippen molar-refractivity contribution in [3.63, 3.8) is 0 Å². The number of allylic oxidation sites excluding steroid dienone is 4. The average Bonchev–Trinajstić information content (AvgIpc) is 3.11. The van der Waals surface area contributed by atoms with Crippen LogP contribution in [0.15, 0.2) is 23.8 Å². The Morgan fingerprint density at radius 3 is 2.61 bits per heavy atom. The highest BCUT2D eigenvalue weighted by Crippen LogP contribution is 2.67. The van der Waals surface area contributed by atoms with Gasteiger partial charge in [-0.05, 0) is 68.1 Å². The van der Waals surface area contributed by atoms with E-state index in [2.05, 4.69) is 13.8 Å². The minimum Gasteiger partial charge on any atom is -0.458 e. The molecular formula is C28H42O7Si. The van der Waals surface area contributed by atoms with Gasteiger partial charge in [-0.1, -0.05) is 38.8 Å². The van der Waals surface area contributed by atoms with E-state index in [1.165, 1.54) is 25.8 Å². The number of hydrogen-bond donors (Lipinski definition) is 2. The van der Waals surface area contributed by atoms with Crippen molar-refractivity contribution in [1.29, 1.82) is 0 Å². The zero-order chi connectivity index (χ0) is 26.3. The Labute approximate surface area is 216 Å². The van der Waals surface area contributed by atoms with Crippen LogP contribution in [0.2, 0.25) is 6.04 Å². The lowest BCUT2D eigenvalue weighted by atomic mass is 9.45. The molecule has 2 N–H and O–H groups in total. The summed E-state index contributed by atoms with van der Waals surface area (Å²) in [4.78, 5) is 36.1. The van der Waals surface area contributed by atoms with Crippen molar-refractivity contribution in [3.05, 3.63) is 23.8 Å². The first-order chi connectivity index (χ1) is 16.9. The summed E-state index contributed by atoms with van der Waals surface area (Å²) in [7, 11) is 0.00849. The van der Waals surface area contributed by atoms with Gasteiger partial charge in [-0.25, -0.2) is 0 Å². The van der Waals surface area contributed by atoms with E-state index in [1.54, 1.807) is 12.2 Å². The summed E-state index contributed by atoms with van der Waals surface area (Å²) in [6.45, 7) is 8.00. The van der Waals surface area contributed by atoms with Crippen LogP contribution in [0, 0.1) is 34.5 Å². The predicted octanol–water partition coefficient (Wildman–Crippen LogP) is 2.67. The molecule has 0 amide bonds. The van der Waals surface area contributed by atoms with Gasteiger partial charge < -0.3 is 19.4 Å². The Kier molecular flexibility index (Phi) is 7.83. The monoisotopic (exact) mass is 518 g/mol. The SMILES string of the molecule is C1CC[SiH2]OC1.CC(=O)OCC(=O)[C@@]1(O)CC[C@H]2[C@@H]3C[C@H](C)C4=CC(=O)C=C[C@]4(C)[C@H]3[C@@H](O)C[C@@]21C. The highest BCUT2D eigenvalue weighted by atomic mass is 28.2. The molecule has 0 aromatic carbocycles. The van der Waals surface area contributed by atoms with Crippen LogP contribution in [-0.4, -0.2) is 62.4 Å². The summed E-state index contributed by atoms with van der Waals surface area (Å²) in [5.41, 5.74) is -1.72. The maximum Gasteiger partial charge on any atom is 0.303 e. The molecule has 0 unspecified atom stereocenters. The van der Waals surface area contributed by atoms with E-state index >= 15 is 0 Å². The number of Topliss-reactive ketones (excluding diaryl/α,β-unsaturated/α-hetero) is 1. The second-order valence-corrected chi connectivity index (χ2v) is 13.5. The van der Waals surface area contributed by atoms with Crippen molar-refractivity contribution in [1.82, 2.24) is 0 Å². The lowest BCUT2D eigenvalue weighted by molar-refractivity contribution is -0.182. The van der Waals surface area contributed by atoms with Crippen molar-refractivity contribution in [2.75, 3.05) is 13.2 Å². The number of fused-ring (bicyclic) bond motifs is 5. The van der Waals surface area contributed by atoms with Crippen molar-refractivity contribution in [2.24, 2.45) is 34.5 Å². The molecule has 0 aromatic heterocycles. The van der Waals surface area contributed by atoms with Gasteiger partial charge >= 0.3 is 5.97 Å². The molecule has 8 atom stereocenters. The van der Waals surface area contributed by atoms with Gasteiger partial charge in [-0.3, -0.25) is 14.4 Å². The summed E-state index contributed by atoms with van der Waals surface area (Å²) in [6.07, 6.45) is 9.46. The van der Waals surface area contributed by atoms with E-state index in [-0.39, 0.29) is 39.2 Å². The van der Waals surface area contributed by atoms with Crippen LogP contribution in [0.25, 0.3) is 0 Å². The third-order valence-electron chi connectivity index (χ3n) is 9.91. The first kappa shape index (κ1) is 27.4. The van der Waals surface area contributed by atoms with Gasteiger partial charge in [0.2, 0.25) is 5.78 Å². The molecule has 1 saturated heterocycles. The molecule has 4 aliphatic carbocycles. The maximum absolute atomic E-state index is 12.9. The number of ether oxygens (including phenoxy) is 1. The summed E-state index contributed by atoms with van der Waals surface area (Å²) in [6, 6.07) is 1.42. The molecular weight excluding hydrogens is 476 g/mol. The Morgan fingerprint density at radius 2 is 2.03 bits per heavy atom. The third kappa shape index (κ3) is 4.59. The molecule has 200 valence electrons. The predicted molar refractivity (Wildman–Crippen MR) is 138 cm³/mol. The first-order valence-electron chi connectivity index (χ1n) is 13.5. The summed E-state index contributed by atoms with van der Waals surface area (Å²) in [5, 5.41) is 22.9. The van der Waals surface area contributed by atoms with Crippen molar-refractivity contribution >= 4 is 27.3 Å². The van der Waals surface area contributed by atoms with Gasteiger partial charge in [0.15, 0.2) is 22.2 Å². The Bertz CT molecular complexity index is 944. The number of rotatable bonds is 3. The lowest BCUT2D eigenvalue weighted by Gasteiger charge is -2.60. The van der Waals surface area contributed by atoms with Crippen LogP contribution in [0.4, 0.5) is 0 Å². The molecule has 1 heterocycles. The third-order valence-corrected chi connectivity index (χ3v) is 11.3. The smallest absolute Gasteiger partial charge is 0.303 e. The van der Waals surface area contributed by atoms with Crippen LogP contribution in [0.5, 0.6) is 0 Å². The molecule has 0 aromatic rings. The van der Waals surface area contributed by atoms with E-state index < -0.39 is 40.9 Å². The Morgan fingerprint density at radius 1 is 1.28 bits per heavy atom. The number of esters is 1. The standard InChI is InChI=1S/C24H32O6.C4H10OSi/c1-13-9-16-17-6-8-24(29,20(28)12-30-14(2)25)23(17,4)11-19(27)21(16)22(3)7-5-15(26)10-18(13)22;1-2-4-6-5-3-1/h5,7,10,13,16-17,19,21,27,29H,6,8-9,11-12H2,1-4H3;1-4,6H2/t13-,16-,17-,19-,21+,22-,23-,24-;/m0./s1. The minimum absolute atomic E-state index is 0.00535. The highest BCUT2D eigenvalue weighted by Gasteiger charge is 2.68. The first-order valence-corrected chi connectivity index (χ1v) is 15.1. The second kappa shape index (κ2) is 10.3. The number of aliphatic hydroxyl groups is 2. The quantitative estimate of drug-likeness (QED) is 0.437. The highest BCUT2D eigenvalue weighted by molar-refractivity contribution is 6.27. The number of ketones is 2. The number of carbonyl (C=O) groups excluding carboxylic acids is 3. The molecule has 0 radical (unpaired) electrons. The topological polar surface area (TPSA) is 110 Å². The Balaban J connectivity index is 0.000000445. The van der Waals surface area contributed by atoms with Gasteiger partial charge in [-0.15, -0.1) is 0 Å². The normalized spacial score (nSPS) is 43.9. The van der Waals surface area contributed by atoms with Crippen LogP contribution in [-0.2, 0) is 23.5 Å². The maximum atomic E-state index is 12.9. The van der Waals surface area contributed by atoms with E-state index in [4.69, 9.17) is 9.16 Å². The molecule has 5 aliphatic rings. The summed E-state index contributed by atoms with van der Waals surface area (Å²) >= 11 is 0. The molecule has 7 nitrogen and oxygen atoms in total. The zero-order valence-electron chi connectivity index (χ0n) is 22.1. The van der Waals surface area contributed by atoms with E-state index in [0.29, 0.717) is 19.3 Å². The molecule has 0 spiro atoms. The van der Waals surface area contributed by atoms with Crippen LogP contribution in [0.3, 0.4) is 0 Å². The van der Waals surface area contributed by atoms with Gasteiger partial charge in [0.05, 0.1) is 6.10 Å². The van der Waals surface area contributed by atoms with Crippen LogP contribution < -0.4 is 0 Å². The number of carbonyl (C=O) groups is 3. The zero-order valence-corrected chi connectivity index (χ0v) is 23.5. The second-order valence-electron chi connectivity index (χ2n) is 12.0. The molecule has 0 bridgehead atoms. The molecule has 4 fully saturated rings. The van der Waals surface area contributed by atoms with Crippen LogP contribution in [0.1, 0.15) is 66.2 Å². The van der Waals surface area contributed by atoms with Crippen molar-refractivity contribution < 1.29 is 33.8 Å². The molecule has 36 heavy (non-hydrogen) atoms. The summed E-state index contributed by atoms with van der Waals surface area (Å²) in [5.74, 6) is -0.712. The van der Waals surface area contributed by atoms with Gasteiger partial charge in [-0.2, -0.15) is 0 Å². The van der Waals surface area contributed by atoms with Crippen molar-refractivity contribution in [2.45, 2.75) is 84.0 Å². The van der Waals surface area contributed by atoms with Gasteiger partial charge in [0.25, 0.3) is 0 Å². The lowest BCUT2D eigenvalue weighted by Crippen LogP contribution is -2.62. The fraction of sp³-hybridized carbons (Fsp3) is 0.750. The number of aliphatic hydroxyl groups excluding tert-OH is 1. The number of hydrogen-bond acceptors (Lipinski definition) is 7. The molecule has 1 aliphatic heterocycles. The Hall–Kier alpha value is -1.61.